The van der Waals surface area contributed by atoms with Gasteiger partial charge in [0, 0.05) is 19.1 Å². The summed E-state index contributed by atoms with van der Waals surface area (Å²) < 4.78 is 26.6. The maximum absolute atomic E-state index is 13.5. The second kappa shape index (κ2) is 9.76. The molecule has 0 saturated carbocycles. The largest absolute Gasteiger partial charge is 0.357 e. The van der Waals surface area contributed by atoms with Crippen LogP contribution in [0.2, 0.25) is 0 Å². The summed E-state index contributed by atoms with van der Waals surface area (Å²) in [6, 6.07) is 3.88. The first kappa shape index (κ1) is 18.9. The number of nitrogens with zero attached hydrogens (tertiary/aromatic N) is 1. The molecule has 0 aliphatic heterocycles. The van der Waals surface area contributed by atoms with Crippen LogP contribution in [0.25, 0.3) is 0 Å². The van der Waals surface area contributed by atoms with Crippen molar-refractivity contribution in [2.24, 2.45) is 4.99 Å². The van der Waals surface area contributed by atoms with Crippen LogP contribution in [-0.2, 0) is 6.42 Å². The molecule has 2 N–H and O–H groups in total. The minimum atomic E-state index is -0.419. The Bertz CT molecular complexity index is 524. The van der Waals surface area contributed by atoms with Crippen LogP contribution in [-0.4, -0.2) is 25.1 Å². The van der Waals surface area contributed by atoms with E-state index in [4.69, 9.17) is 0 Å². The van der Waals surface area contributed by atoms with Gasteiger partial charge < -0.3 is 10.6 Å². The summed E-state index contributed by atoms with van der Waals surface area (Å²) in [5, 5.41) is 6.50. The van der Waals surface area contributed by atoms with Crippen molar-refractivity contribution in [2.45, 2.75) is 32.2 Å². The monoisotopic (exact) mass is 421 g/mol. The number of aliphatic imine (C=N–C) groups is 1. The number of hydrogen-bond acceptors (Lipinski definition) is 1. The van der Waals surface area contributed by atoms with E-state index >= 15 is 0 Å². The van der Waals surface area contributed by atoms with Crippen LogP contribution in [0.15, 0.2) is 35.3 Å². The highest BCUT2D eigenvalue weighted by atomic mass is 127. The quantitative estimate of drug-likeness (QED) is 0.331. The minimum absolute atomic E-state index is 0. The van der Waals surface area contributed by atoms with Crippen molar-refractivity contribution in [1.29, 1.82) is 0 Å². The maximum atomic E-state index is 13.5. The zero-order chi connectivity index (χ0) is 15.1. The molecule has 1 aromatic carbocycles. The first-order valence-corrected chi connectivity index (χ1v) is 7.33. The van der Waals surface area contributed by atoms with Crippen molar-refractivity contribution in [1.82, 2.24) is 10.6 Å². The van der Waals surface area contributed by atoms with Crippen LogP contribution in [0.4, 0.5) is 8.78 Å². The summed E-state index contributed by atoms with van der Waals surface area (Å²) >= 11 is 0. The molecular formula is C16H22F2IN3. The topological polar surface area (TPSA) is 36.4 Å². The van der Waals surface area contributed by atoms with Gasteiger partial charge in [0.15, 0.2) is 5.96 Å². The summed E-state index contributed by atoms with van der Waals surface area (Å²) in [5.74, 6) is -0.0787. The molecule has 2 rings (SSSR count). The van der Waals surface area contributed by atoms with E-state index in [9.17, 15) is 8.78 Å². The van der Waals surface area contributed by atoms with E-state index in [2.05, 4.69) is 27.8 Å². The fraction of sp³-hybridized carbons (Fsp3) is 0.438. The molecule has 6 heteroatoms. The molecule has 0 fully saturated rings. The average Bonchev–Trinajstić information content (AvgIpc) is 2.96. The molecule has 0 bridgehead atoms. The normalized spacial score (nSPS) is 14.8. The average molecular weight is 421 g/mol. The fourth-order valence-corrected chi connectivity index (χ4v) is 2.27. The van der Waals surface area contributed by atoms with Crippen molar-refractivity contribution in [3.63, 3.8) is 0 Å². The highest BCUT2D eigenvalue weighted by Crippen LogP contribution is 2.11. The highest BCUT2D eigenvalue weighted by Gasteiger charge is 2.11. The van der Waals surface area contributed by atoms with Crippen LogP contribution in [0.5, 0.6) is 0 Å². The zero-order valence-electron chi connectivity index (χ0n) is 12.6. The molecule has 122 valence electrons. The first-order valence-electron chi connectivity index (χ1n) is 7.33. The van der Waals surface area contributed by atoms with E-state index in [1.54, 1.807) is 0 Å². The van der Waals surface area contributed by atoms with Gasteiger partial charge in [-0.15, -0.1) is 24.0 Å². The van der Waals surface area contributed by atoms with Crippen molar-refractivity contribution in [3.8, 4) is 0 Å². The second-order valence-corrected chi connectivity index (χ2v) is 5.03. The van der Waals surface area contributed by atoms with Gasteiger partial charge in [-0.25, -0.2) is 8.78 Å². The zero-order valence-corrected chi connectivity index (χ0v) is 14.9. The Hall–Kier alpha value is -1.18. The van der Waals surface area contributed by atoms with E-state index in [0.29, 0.717) is 24.6 Å². The Morgan fingerprint density at radius 3 is 2.68 bits per heavy atom. The number of hydrogen-bond donors (Lipinski definition) is 2. The molecule has 0 saturated heterocycles. The van der Waals surface area contributed by atoms with E-state index in [0.717, 1.165) is 37.5 Å². The Morgan fingerprint density at radius 1 is 1.27 bits per heavy atom. The molecule has 22 heavy (non-hydrogen) atoms. The number of benzene rings is 1. The molecular weight excluding hydrogens is 399 g/mol. The fourth-order valence-electron chi connectivity index (χ4n) is 2.27. The lowest BCUT2D eigenvalue weighted by molar-refractivity contribution is 0.584. The SMILES string of the molecule is CCNC(=NCCc1cc(F)ccc1F)NC1CC=CC1.I. The van der Waals surface area contributed by atoms with Gasteiger partial charge in [-0.2, -0.15) is 0 Å². The lowest BCUT2D eigenvalue weighted by Gasteiger charge is -2.16. The predicted molar refractivity (Wildman–Crippen MR) is 96.8 cm³/mol. The van der Waals surface area contributed by atoms with E-state index in [1.165, 1.54) is 6.07 Å². The third-order valence-corrected chi connectivity index (χ3v) is 3.35. The summed E-state index contributed by atoms with van der Waals surface area (Å²) in [6.07, 6.45) is 6.64. The summed E-state index contributed by atoms with van der Waals surface area (Å²) in [5.41, 5.74) is 0.358. The Balaban J connectivity index is 0.00000242. The summed E-state index contributed by atoms with van der Waals surface area (Å²) in [4.78, 5) is 4.42. The third-order valence-electron chi connectivity index (χ3n) is 3.35. The Kier molecular flexibility index (Phi) is 8.37. The molecule has 0 atom stereocenters. The third kappa shape index (κ3) is 5.90. The van der Waals surface area contributed by atoms with Crippen LogP contribution >= 0.6 is 24.0 Å². The van der Waals surface area contributed by atoms with Crippen LogP contribution in [0, 0.1) is 11.6 Å². The molecule has 0 aromatic heterocycles. The Morgan fingerprint density at radius 2 is 2.00 bits per heavy atom. The standard InChI is InChI=1S/C16H21F2N3.HI/c1-2-19-16(21-14-5-3-4-6-14)20-10-9-12-11-13(17)7-8-15(12)18;/h3-4,7-8,11,14H,2,5-6,9-10H2,1H3,(H2,19,20,21);1H. The molecule has 0 amide bonds. The summed E-state index contributed by atoms with van der Waals surface area (Å²) in [7, 11) is 0. The molecule has 3 nitrogen and oxygen atoms in total. The highest BCUT2D eigenvalue weighted by molar-refractivity contribution is 14.0. The second-order valence-electron chi connectivity index (χ2n) is 5.03. The van der Waals surface area contributed by atoms with Crippen molar-refractivity contribution in [2.75, 3.05) is 13.1 Å². The van der Waals surface area contributed by atoms with Gasteiger partial charge in [-0.1, -0.05) is 12.2 Å². The van der Waals surface area contributed by atoms with Crippen molar-refractivity contribution < 1.29 is 8.78 Å². The number of halogens is 3. The van der Waals surface area contributed by atoms with Crippen molar-refractivity contribution >= 4 is 29.9 Å². The Labute approximate surface area is 147 Å². The molecule has 1 aromatic rings. The van der Waals surface area contributed by atoms with Gasteiger partial charge in [0.1, 0.15) is 11.6 Å². The van der Waals surface area contributed by atoms with E-state index in [1.807, 2.05) is 6.92 Å². The van der Waals surface area contributed by atoms with Gasteiger partial charge in [-0.3, -0.25) is 4.99 Å². The lowest BCUT2D eigenvalue weighted by atomic mass is 10.1. The van der Waals surface area contributed by atoms with Gasteiger partial charge in [0.2, 0.25) is 0 Å². The van der Waals surface area contributed by atoms with Gasteiger partial charge >= 0.3 is 0 Å². The van der Waals surface area contributed by atoms with Crippen LogP contribution < -0.4 is 10.6 Å². The van der Waals surface area contributed by atoms with Gasteiger partial charge in [0.25, 0.3) is 0 Å². The van der Waals surface area contributed by atoms with Crippen LogP contribution in [0.3, 0.4) is 0 Å². The van der Waals surface area contributed by atoms with E-state index in [-0.39, 0.29) is 29.8 Å². The molecule has 0 spiro atoms. The number of rotatable bonds is 5. The lowest BCUT2D eigenvalue weighted by Crippen LogP contribution is -2.42. The maximum Gasteiger partial charge on any atom is 0.191 e. The van der Waals surface area contributed by atoms with Gasteiger partial charge in [0.05, 0.1) is 0 Å². The van der Waals surface area contributed by atoms with Gasteiger partial charge in [-0.05, 0) is 49.9 Å². The molecule has 1 aliphatic carbocycles. The molecule has 0 heterocycles. The van der Waals surface area contributed by atoms with Crippen LogP contribution in [0.1, 0.15) is 25.3 Å². The summed E-state index contributed by atoms with van der Waals surface area (Å²) in [6.45, 7) is 3.17. The molecule has 0 unspecified atom stereocenters. The number of nitrogens with one attached hydrogen (secondary N) is 2. The van der Waals surface area contributed by atoms with Crippen molar-refractivity contribution in [3.05, 3.63) is 47.5 Å². The molecule has 1 aliphatic rings. The number of guanidine groups is 1. The predicted octanol–water partition coefficient (Wildman–Crippen LogP) is 3.40. The first-order chi connectivity index (χ1) is 10.2. The molecule has 0 radical (unpaired) electrons. The minimum Gasteiger partial charge on any atom is -0.357 e. The van der Waals surface area contributed by atoms with E-state index < -0.39 is 5.82 Å². The smallest absolute Gasteiger partial charge is 0.191 e.